The van der Waals surface area contributed by atoms with Crippen LogP contribution in [0.25, 0.3) is 0 Å². The van der Waals surface area contributed by atoms with Crippen LogP contribution in [0.5, 0.6) is 5.75 Å². The molecule has 4 nitrogen and oxygen atoms in total. The van der Waals surface area contributed by atoms with E-state index >= 15 is 0 Å². The van der Waals surface area contributed by atoms with Crippen LogP contribution in [0.3, 0.4) is 0 Å². The largest absolute Gasteiger partial charge is 0.496 e. The number of methoxy groups -OCH3 is 1. The zero-order chi connectivity index (χ0) is 11.8. The number of para-hydroxylation sites is 1. The third-order valence-corrected chi connectivity index (χ3v) is 1.69. The molecule has 0 aliphatic heterocycles. The molecule has 0 bridgehead atoms. The van der Waals surface area contributed by atoms with E-state index in [9.17, 15) is 4.79 Å². The first-order valence-corrected chi connectivity index (χ1v) is 4.69. The molecule has 0 aliphatic rings. The Bertz CT molecular complexity index is 312. The number of rotatable bonds is 3. The number of hydrogen-bond acceptors (Lipinski definition) is 4. The average molecular weight is 210 g/mol. The van der Waals surface area contributed by atoms with Gasteiger partial charge in [0.2, 0.25) is 0 Å². The Labute approximate surface area is 89.7 Å². The van der Waals surface area contributed by atoms with Crippen LogP contribution in [0.1, 0.15) is 24.2 Å². The van der Waals surface area contributed by atoms with Gasteiger partial charge in [-0.2, -0.15) is 0 Å². The Morgan fingerprint density at radius 2 is 1.93 bits per heavy atom. The van der Waals surface area contributed by atoms with Gasteiger partial charge in [-0.25, -0.2) is 0 Å². The summed E-state index contributed by atoms with van der Waals surface area (Å²) in [5, 5.41) is 17.8. The third kappa shape index (κ3) is 3.38. The smallest absolute Gasteiger partial charge is 0.492 e. The van der Waals surface area contributed by atoms with Gasteiger partial charge in [-0.05, 0) is 6.07 Å². The number of hydrogen-bond donors (Lipinski definition) is 2. The summed E-state index contributed by atoms with van der Waals surface area (Å²) in [6.45, 7) is 4.00. The van der Waals surface area contributed by atoms with Crippen LogP contribution in [-0.4, -0.2) is 30.6 Å². The fraction of sp³-hybridized carbons (Fsp3) is 0.300. The van der Waals surface area contributed by atoms with E-state index in [-0.39, 0.29) is 11.2 Å². The summed E-state index contributed by atoms with van der Waals surface area (Å²) in [4.78, 5) is 10.5. The lowest BCUT2D eigenvalue weighted by Gasteiger charge is -2.08. The van der Waals surface area contributed by atoms with E-state index in [4.69, 9.17) is 14.8 Å². The molecule has 0 saturated carbocycles. The van der Waals surface area contributed by atoms with Crippen LogP contribution in [-0.2, 0) is 0 Å². The second kappa shape index (κ2) is 7.03. The van der Waals surface area contributed by atoms with E-state index in [1.165, 1.54) is 19.2 Å². The molecule has 0 fully saturated rings. The first kappa shape index (κ1) is 13.7. The summed E-state index contributed by atoms with van der Waals surface area (Å²) >= 11 is 0. The van der Waals surface area contributed by atoms with Gasteiger partial charge in [0.05, 0.1) is 12.7 Å². The predicted octanol–water partition coefficient (Wildman–Crippen LogP) is 0.214. The summed E-state index contributed by atoms with van der Waals surface area (Å²) in [6.07, 6.45) is 0.602. The first-order chi connectivity index (χ1) is 7.20. The highest BCUT2D eigenvalue weighted by molar-refractivity contribution is 6.59. The van der Waals surface area contributed by atoms with Crippen LogP contribution in [0, 0.1) is 0 Å². The van der Waals surface area contributed by atoms with Crippen molar-refractivity contribution in [3.63, 3.8) is 0 Å². The van der Waals surface area contributed by atoms with Crippen molar-refractivity contribution in [1.29, 1.82) is 0 Å². The second-order valence-corrected chi connectivity index (χ2v) is 2.46. The minimum absolute atomic E-state index is 0.187. The quantitative estimate of drug-likeness (QED) is 0.552. The summed E-state index contributed by atoms with van der Waals surface area (Å²) in [6, 6.07) is 4.58. The van der Waals surface area contributed by atoms with Gasteiger partial charge in [0.25, 0.3) is 0 Å². The van der Waals surface area contributed by atoms with E-state index in [0.717, 1.165) is 0 Å². The summed E-state index contributed by atoms with van der Waals surface area (Å²) in [5.74, 6) is 0.201. The highest BCUT2D eigenvalue weighted by Crippen LogP contribution is 2.12. The van der Waals surface area contributed by atoms with E-state index < -0.39 is 7.12 Å². The molecule has 0 radical (unpaired) electrons. The zero-order valence-electron chi connectivity index (χ0n) is 9.10. The zero-order valence-corrected chi connectivity index (χ0v) is 9.10. The van der Waals surface area contributed by atoms with Crippen molar-refractivity contribution in [3.05, 3.63) is 23.8 Å². The summed E-state index contributed by atoms with van der Waals surface area (Å²) in [5.41, 5.74) is 0.486. The molecular weight excluding hydrogens is 195 g/mol. The van der Waals surface area contributed by atoms with Crippen molar-refractivity contribution in [2.45, 2.75) is 13.8 Å². The van der Waals surface area contributed by atoms with Gasteiger partial charge in [-0.3, -0.25) is 4.79 Å². The van der Waals surface area contributed by atoms with Gasteiger partial charge in [0, 0.05) is 5.46 Å². The SMILES string of the molecule is CC.COc1c(C=O)cccc1B(O)O. The van der Waals surface area contributed by atoms with Crippen LogP contribution in [0.15, 0.2) is 18.2 Å². The van der Waals surface area contributed by atoms with Gasteiger partial charge in [0.15, 0.2) is 6.29 Å². The molecule has 82 valence electrons. The molecule has 1 aromatic rings. The van der Waals surface area contributed by atoms with Gasteiger partial charge in [-0.1, -0.05) is 26.0 Å². The Morgan fingerprint density at radius 3 is 2.33 bits per heavy atom. The average Bonchev–Trinajstić information content (AvgIpc) is 2.30. The maximum absolute atomic E-state index is 10.5. The molecule has 2 N–H and O–H groups in total. The van der Waals surface area contributed by atoms with Crippen molar-refractivity contribution >= 4 is 18.9 Å². The molecule has 0 aromatic heterocycles. The minimum atomic E-state index is -1.63. The van der Waals surface area contributed by atoms with Crippen molar-refractivity contribution in [3.8, 4) is 5.75 Å². The molecule has 1 aromatic carbocycles. The van der Waals surface area contributed by atoms with Crippen LogP contribution >= 0.6 is 0 Å². The van der Waals surface area contributed by atoms with E-state index in [1.54, 1.807) is 6.07 Å². The maximum atomic E-state index is 10.5. The van der Waals surface area contributed by atoms with Gasteiger partial charge < -0.3 is 14.8 Å². The Kier molecular flexibility index (Phi) is 6.41. The van der Waals surface area contributed by atoms with Crippen molar-refractivity contribution in [2.75, 3.05) is 7.11 Å². The van der Waals surface area contributed by atoms with Crippen LogP contribution in [0.4, 0.5) is 0 Å². The predicted molar refractivity (Wildman–Crippen MR) is 59.6 cm³/mol. The number of carbonyl (C=O) groups excluding carboxylic acids is 1. The molecular formula is C10H15BO4. The van der Waals surface area contributed by atoms with Gasteiger partial charge in [-0.15, -0.1) is 0 Å². The van der Waals surface area contributed by atoms with E-state index in [1.807, 2.05) is 13.8 Å². The van der Waals surface area contributed by atoms with Gasteiger partial charge in [0.1, 0.15) is 5.75 Å². The van der Waals surface area contributed by atoms with Crippen LogP contribution < -0.4 is 10.2 Å². The first-order valence-electron chi connectivity index (χ1n) is 4.69. The summed E-state index contributed by atoms with van der Waals surface area (Å²) in [7, 11) is -0.261. The molecule has 5 heteroatoms. The Morgan fingerprint density at radius 1 is 1.33 bits per heavy atom. The molecule has 1 rings (SSSR count). The highest BCUT2D eigenvalue weighted by atomic mass is 16.5. The highest BCUT2D eigenvalue weighted by Gasteiger charge is 2.18. The van der Waals surface area contributed by atoms with E-state index in [2.05, 4.69) is 0 Å². The fourth-order valence-electron chi connectivity index (χ4n) is 1.11. The van der Waals surface area contributed by atoms with Crippen LogP contribution in [0.2, 0.25) is 0 Å². The van der Waals surface area contributed by atoms with Crippen molar-refractivity contribution in [2.24, 2.45) is 0 Å². The molecule has 15 heavy (non-hydrogen) atoms. The molecule has 0 heterocycles. The second-order valence-electron chi connectivity index (χ2n) is 2.46. The molecule has 0 saturated heterocycles. The number of carbonyl (C=O) groups is 1. The number of aldehydes is 1. The molecule has 0 spiro atoms. The normalized spacial score (nSPS) is 8.60. The Hall–Kier alpha value is -1.33. The van der Waals surface area contributed by atoms with Crippen molar-refractivity contribution in [1.82, 2.24) is 0 Å². The van der Waals surface area contributed by atoms with Crippen molar-refractivity contribution < 1.29 is 19.6 Å². The topological polar surface area (TPSA) is 66.8 Å². The van der Waals surface area contributed by atoms with Gasteiger partial charge >= 0.3 is 7.12 Å². The molecule has 0 unspecified atom stereocenters. The standard InChI is InChI=1S/C8H9BO4.C2H6/c1-13-8-6(5-10)3-2-4-7(8)9(11)12;1-2/h2-5,11-12H,1H3;1-2H3. The Balaban J connectivity index is 0.000000921. The lowest BCUT2D eigenvalue weighted by atomic mass is 9.78. The monoisotopic (exact) mass is 210 g/mol. The fourth-order valence-corrected chi connectivity index (χ4v) is 1.11. The third-order valence-electron chi connectivity index (χ3n) is 1.69. The number of ether oxygens (including phenoxy) is 1. The molecule has 0 atom stereocenters. The molecule has 0 amide bonds. The minimum Gasteiger partial charge on any atom is -0.496 e. The lowest BCUT2D eigenvalue weighted by molar-refractivity contribution is 0.112. The summed E-state index contributed by atoms with van der Waals surface area (Å²) < 4.78 is 4.88. The lowest BCUT2D eigenvalue weighted by Crippen LogP contribution is -2.31. The van der Waals surface area contributed by atoms with E-state index in [0.29, 0.717) is 11.8 Å². The number of benzene rings is 1. The maximum Gasteiger partial charge on any atom is 0.492 e. The molecule has 0 aliphatic carbocycles.